The standard InChI is InChI=1S/C8H9N5O4/c1-3-12-4-5(9-7(12)13(16)17)11(2)8(15)10-6(4)14/h3H2,1-2H3,(H,10,14,15). The highest BCUT2D eigenvalue weighted by Gasteiger charge is 2.25. The lowest BCUT2D eigenvalue weighted by Crippen LogP contribution is -2.29. The maximum atomic E-state index is 11.6. The van der Waals surface area contributed by atoms with E-state index >= 15 is 0 Å². The Balaban J connectivity index is 3.07. The van der Waals surface area contributed by atoms with Gasteiger partial charge in [0, 0.05) is 7.05 Å². The van der Waals surface area contributed by atoms with Crippen LogP contribution in [0, 0.1) is 10.1 Å². The summed E-state index contributed by atoms with van der Waals surface area (Å²) in [5.41, 5.74) is -1.29. The molecule has 1 N–H and O–H groups in total. The monoisotopic (exact) mass is 239 g/mol. The van der Waals surface area contributed by atoms with Crippen molar-refractivity contribution in [1.82, 2.24) is 19.1 Å². The van der Waals surface area contributed by atoms with E-state index in [1.54, 1.807) is 6.92 Å². The summed E-state index contributed by atoms with van der Waals surface area (Å²) in [5.74, 6) is -0.450. The van der Waals surface area contributed by atoms with Gasteiger partial charge in [-0.3, -0.25) is 14.3 Å². The highest BCUT2D eigenvalue weighted by Crippen LogP contribution is 2.16. The second-order valence-electron chi connectivity index (χ2n) is 3.40. The normalized spacial score (nSPS) is 10.9. The Hall–Kier alpha value is -2.45. The fourth-order valence-electron chi connectivity index (χ4n) is 1.66. The Labute approximate surface area is 93.5 Å². The molecular formula is C8H9N5O4. The molecule has 0 unspecified atom stereocenters. The third kappa shape index (κ3) is 1.43. The van der Waals surface area contributed by atoms with Gasteiger partial charge < -0.3 is 10.1 Å². The minimum Gasteiger partial charge on any atom is -0.390 e. The molecule has 17 heavy (non-hydrogen) atoms. The van der Waals surface area contributed by atoms with Crippen LogP contribution in [0.5, 0.6) is 0 Å². The molecule has 0 saturated carbocycles. The van der Waals surface area contributed by atoms with Crippen molar-refractivity contribution in [2.45, 2.75) is 13.5 Å². The lowest BCUT2D eigenvalue weighted by atomic mass is 10.5. The van der Waals surface area contributed by atoms with Crippen molar-refractivity contribution >= 4 is 17.1 Å². The molecule has 90 valence electrons. The molecule has 0 aliphatic rings. The number of aromatic amines is 1. The van der Waals surface area contributed by atoms with Crippen molar-refractivity contribution in [3.05, 3.63) is 31.0 Å². The molecule has 0 radical (unpaired) electrons. The smallest absolute Gasteiger partial charge is 0.390 e. The summed E-state index contributed by atoms with van der Waals surface area (Å²) >= 11 is 0. The van der Waals surface area contributed by atoms with E-state index in [0.717, 1.165) is 9.13 Å². The van der Waals surface area contributed by atoms with Gasteiger partial charge in [-0.1, -0.05) is 0 Å². The van der Waals surface area contributed by atoms with Gasteiger partial charge in [0.1, 0.15) is 0 Å². The van der Waals surface area contributed by atoms with E-state index in [-0.39, 0.29) is 17.7 Å². The van der Waals surface area contributed by atoms with Crippen molar-refractivity contribution in [3.63, 3.8) is 0 Å². The zero-order chi connectivity index (χ0) is 12.7. The number of hydrogen-bond donors (Lipinski definition) is 1. The number of fused-ring (bicyclic) bond motifs is 1. The first-order chi connectivity index (χ1) is 7.97. The first-order valence-electron chi connectivity index (χ1n) is 4.81. The first-order valence-corrected chi connectivity index (χ1v) is 4.81. The molecule has 0 saturated heterocycles. The quantitative estimate of drug-likeness (QED) is 0.552. The highest BCUT2D eigenvalue weighted by atomic mass is 16.6. The van der Waals surface area contributed by atoms with E-state index in [1.807, 2.05) is 0 Å². The number of nitro groups is 1. The summed E-state index contributed by atoms with van der Waals surface area (Å²) in [6, 6.07) is 0. The fraction of sp³-hybridized carbons (Fsp3) is 0.375. The molecule has 0 amide bonds. The van der Waals surface area contributed by atoms with E-state index in [4.69, 9.17) is 0 Å². The molecule has 0 atom stereocenters. The number of nitrogens with zero attached hydrogens (tertiary/aromatic N) is 4. The van der Waals surface area contributed by atoms with Crippen LogP contribution in [0.4, 0.5) is 5.95 Å². The van der Waals surface area contributed by atoms with Crippen molar-refractivity contribution in [2.75, 3.05) is 0 Å². The molecule has 0 aromatic carbocycles. The first kappa shape index (κ1) is 11.0. The Morgan fingerprint density at radius 3 is 2.65 bits per heavy atom. The summed E-state index contributed by atoms with van der Waals surface area (Å²) in [4.78, 5) is 38.8. The minimum absolute atomic E-state index is 0.00676. The van der Waals surface area contributed by atoms with Crippen molar-refractivity contribution in [3.8, 4) is 0 Å². The Bertz CT molecular complexity index is 722. The lowest BCUT2D eigenvalue weighted by molar-refractivity contribution is -0.396. The third-order valence-electron chi connectivity index (χ3n) is 2.47. The number of rotatable bonds is 2. The van der Waals surface area contributed by atoms with Crippen LogP contribution in [0.25, 0.3) is 11.2 Å². The average molecular weight is 239 g/mol. The number of aromatic nitrogens is 4. The summed E-state index contributed by atoms with van der Waals surface area (Å²) in [5, 5.41) is 10.8. The highest BCUT2D eigenvalue weighted by molar-refractivity contribution is 5.72. The van der Waals surface area contributed by atoms with Gasteiger partial charge in [0.15, 0.2) is 0 Å². The molecule has 9 heteroatoms. The second kappa shape index (κ2) is 3.54. The largest absolute Gasteiger partial charge is 0.437 e. The number of nitrogens with one attached hydrogen (secondary N) is 1. The van der Waals surface area contributed by atoms with Crippen LogP contribution >= 0.6 is 0 Å². The van der Waals surface area contributed by atoms with Crippen LogP contribution in [0.15, 0.2) is 9.59 Å². The molecule has 9 nitrogen and oxygen atoms in total. The fourth-order valence-corrected chi connectivity index (χ4v) is 1.66. The van der Waals surface area contributed by atoms with E-state index in [9.17, 15) is 19.7 Å². The zero-order valence-electron chi connectivity index (χ0n) is 9.13. The Morgan fingerprint density at radius 1 is 1.47 bits per heavy atom. The maximum Gasteiger partial charge on any atom is 0.437 e. The second-order valence-corrected chi connectivity index (χ2v) is 3.40. The molecule has 0 fully saturated rings. The van der Waals surface area contributed by atoms with Crippen LogP contribution in [0.3, 0.4) is 0 Å². The van der Waals surface area contributed by atoms with Gasteiger partial charge in [-0.2, -0.15) is 0 Å². The molecule has 0 spiro atoms. The molecule has 0 bridgehead atoms. The van der Waals surface area contributed by atoms with E-state index in [2.05, 4.69) is 9.97 Å². The van der Waals surface area contributed by atoms with Crippen LogP contribution < -0.4 is 11.2 Å². The van der Waals surface area contributed by atoms with Gasteiger partial charge in [0.2, 0.25) is 5.52 Å². The van der Waals surface area contributed by atoms with Crippen LogP contribution in [0.2, 0.25) is 0 Å². The number of imidazole rings is 1. The summed E-state index contributed by atoms with van der Waals surface area (Å²) < 4.78 is 2.23. The van der Waals surface area contributed by atoms with Crippen LogP contribution in [-0.2, 0) is 13.6 Å². The SMILES string of the molecule is CCn1c([N+](=O)[O-])nc2c1c(=O)[nH]c(=O)n2C. The summed E-state index contributed by atoms with van der Waals surface area (Å²) in [6.45, 7) is 1.87. The van der Waals surface area contributed by atoms with Gasteiger partial charge >= 0.3 is 11.6 Å². The lowest BCUT2D eigenvalue weighted by Gasteiger charge is -1.97. The molecule has 2 aromatic heterocycles. The molecule has 0 aliphatic carbocycles. The van der Waals surface area contributed by atoms with Crippen molar-refractivity contribution in [2.24, 2.45) is 7.05 Å². The number of hydrogen-bond acceptors (Lipinski definition) is 5. The number of H-pyrrole nitrogens is 1. The van der Waals surface area contributed by atoms with Gasteiger partial charge in [-0.05, 0) is 16.8 Å². The Morgan fingerprint density at radius 2 is 2.12 bits per heavy atom. The van der Waals surface area contributed by atoms with E-state index in [1.165, 1.54) is 7.05 Å². The minimum atomic E-state index is -0.687. The van der Waals surface area contributed by atoms with E-state index in [0.29, 0.717) is 0 Å². The van der Waals surface area contributed by atoms with Crippen molar-refractivity contribution < 1.29 is 4.92 Å². The van der Waals surface area contributed by atoms with Gasteiger partial charge in [0.05, 0.1) is 6.54 Å². The summed E-state index contributed by atoms with van der Waals surface area (Å²) in [6.07, 6.45) is 0. The van der Waals surface area contributed by atoms with Gasteiger partial charge in [0.25, 0.3) is 11.2 Å². The predicted molar refractivity (Wildman–Crippen MR) is 57.9 cm³/mol. The number of aryl methyl sites for hydroxylation is 2. The summed E-state index contributed by atoms with van der Waals surface area (Å²) in [7, 11) is 1.39. The van der Waals surface area contributed by atoms with Crippen LogP contribution in [-0.4, -0.2) is 24.0 Å². The topological polar surface area (TPSA) is 116 Å². The third-order valence-corrected chi connectivity index (χ3v) is 2.47. The molecule has 2 aromatic rings. The zero-order valence-corrected chi connectivity index (χ0v) is 9.13. The molecule has 2 rings (SSSR count). The molecular weight excluding hydrogens is 230 g/mol. The predicted octanol–water partition coefficient (Wildman–Crippen LogP) is -0.649. The van der Waals surface area contributed by atoms with Gasteiger partial charge in [-0.15, -0.1) is 0 Å². The average Bonchev–Trinajstić information content (AvgIpc) is 2.65. The maximum absolute atomic E-state index is 11.6. The van der Waals surface area contributed by atoms with Crippen molar-refractivity contribution in [1.29, 1.82) is 0 Å². The molecule has 2 heterocycles. The molecule has 0 aliphatic heterocycles. The van der Waals surface area contributed by atoms with E-state index < -0.39 is 22.1 Å². The van der Waals surface area contributed by atoms with Crippen LogP contribution in [0.1, 0.15) is 6.92 Å². The van der Waals surface area contributed by atoms with Gasteiger partial charge in [-0.25, -0.2) is 9.36 Å². The Kier molecular flexibility index (Phi) is 2.30.